The van der Waals surface area contributed by atoms with Crippen molar-refractivity contribution >= 4 is 53.1 Å². The Morgan fingerprint density at radius 2 is 1.50 bits per heavy atom. The second-order valence-corrected chi connectivity index (χ2v) is 15.2. The van der Waals surface area contributed by atoms with E-state index in [1.165, 1.54) is 69.7 Å². The third-order valence-electron chi connectivity index (χ3n) is 8.32. The summed E-state index contributed by atoms with van der Waals surface area (Å²) in [5.74, 6) is 2.03. The van der Waals surface area contributed by atoms with Crippen LogP contribution in [-0.4, -0.2) is 0 Å². The molecule has 0 N–H and O–H groups in total. The van der Waals surface area contributed by atoms with E-state index < -0.39 is 0 Å². The van der Waals surface area contributed by atoms with E-state index in [0.29, 0.717) is 0 Å². The van der Waals surface area contributed by atoms with E-state index in [0.717, 1.165) is 24.3 Å². The summed E-state index contributed by atoms with van der Waals surface area (Å²) in [6.45, 7) is 16.3. The van der Waals surface area contributed by atoms with Gasteiger partial charge in [-0.3, -0.25) is 0 Å². The summed E-state index contributed by atoms with van der Waals surface area (Å²) in [5, 5.41) is 7.83. The van der Waals surface area contributed by atoms with Gasteiger partial charge in [0.1, 0.15) is 18.5 Å². The Kier molecular flexibility index (Phi) is 5.45. The lowest BCUT2D eigenvalue weighted by atomic mass is 9.82. The van der Waals surface area contributed by atoms with Crippen LogP contribution in [0.3, 0.4) is 0 Å². The summed E-state index contributed by atoms with van der Waals surface area (Å²) in [6, 6.07) is 20.3. The molecule has 40 heavy (non-hydrogen) atoms. The third-order valence-corrected chi connectivity index (χ3v) is 9.61. The van der Waals surface area contributed by atoms with E-state index in [1.807, 2.05) is 11.3 Å². The number of benzene rings is 4. The van der Waals surface area contributed by atoms with Gasteiger partial charge in [-0.15, -0.1) is 11.3 Å². The maximum absolute atomic E-state index is 7.17. The van der Waals surface area contributed by atoms with E-state index in [4.69, 9.17) is 4.74 Å². The molecule has 0 aliphatic carbocycles. The fraction of sp³-hybridized carbons (Fsp3) is 0.324. The van der Waals surface area contributed by atoms with Gasteiger partial charge in [0.05, 0.1) is 10.9 Å². The summed E-state index contributed by atoms with van der Waals surface area (Å²) in [6.07, 6.45) is 4.21. The van der Waals surface area contributed by atoms with Crippen molar-refractivity contribution in [3.63, 3.8) is 0 Å². The highest BCUT2D eigenvalue weighted by Crippen LogP contribution is 2.55. The van der Waals surface area contributed by atoms with Gasteiger partial charge in [-0.25, -0.2) is 4.57 Å². The summed E-state index contributed by atoms with van der Waals surface area (Å²) >= 11 is 1.92. The molecular formula is C37H38NOS+. The highest BCUT2D eigenvalue weighted by Gasteiger charge is 2.35. The number of pyridine rings is 1. The number of aryl methyl sites for hydroxylation is 2. The quantitative estimate of drug-likeness (QED) is 0.156. The van der Waals surface area contributed by atoms with Gasteiger partial charge < -0.3 is 4.74 Å². The van der Waals surface area contributed by atoms with Crippen LogP contribution in [-0.2, 0) is 19.9 Å². The standard InChI is InChI=1S/C37H38NOS/c1-21-30-33-32-24(16-17-38(33)8)23-14-11-12-22(19-36(2,3)4)26(23)18-28(32)39-34(30)27(20-37(5,6)7)31-25-13-9-10-15-29(25)40-35(21)31/h9-18H,19-20H2,1-8H3/q+1. The molecule has 2 aromatic heterocycles. The van der Waals surface area contributed by atoms with Crippen LogP contribution in [0.2, 0.25) is 0 Å². The molecule has 2 nitrogen and oxygen atoms in total. The van der Waals surface area contributed by atoms with Gasteiger partial charge in [0.15, 0.2) is 6.20 Å². The summed E-state index contributed by atoms with van der Waals surface area (Å²) in [5.41, 5.74) is 6.88. The predicted octanol–water partition coefficient (Wildman–Crippen LogP) is 10.4. The zero-order chi connectivity index (χ0) is 28.1. The fourth-order valence-electron chi connectivity index (χ4n) is 6.82. The van der Waals surface area contributed by atoms with Gasteiger partial charge >= 0.3 is 0 Å². The molecule has 0 bridgehead atoms. The van der Waals surface area contributed by atoms with Crippen LogP contribution in [0, 0.1) is 17.8 Å². The fourth-order valence-corrected chi connectivity index (χ4v) is 8.05. The van der Waals surface area contributed by atoms with Crippen molar-refractivity contribution in [2.45, 2.75) is 61.3 Å². The first kappa shape index (κ1) is 25.5. The molecule has 3 heteroatoms. The van der Waals surface area contributed by atoms with E-state index in [2.05, 4.69) is 121 Å². The normalized spacial score (nSPS) is 13.4. The van der Waals surface area contributed by atoms with Crippen molar-refractivity contribution in [3.8, 4) is 22.8 Å². The molecule has 202 valence electrons. The molecule has 0 amide bonds. The number of nitrogens with zero attached hydrogens (tertiary/aromatic N) is 1. The first-order chi connectivity index (χ1) is 18.9. The molecule has 7 rings (SSSR count). The maximum atomic E-state index is 7.17. The van der Waals surface area contributed by atoms with Gasteiger partial charge in [0, 0.05) is 37.2 Å². The van der Waals surface area contributed by atoms with Crippen molar-refractivity contribution in [1.29, 1.82) is 0 Å². The highest BCUT2D eigenvalue weighted by molar-refractivity contribution is 7.26. The van der Waals surface area contributed by atoms with Crippen molar-refractivity contribution in [2.75, 3.05) is 0 Å². The minimum atomic E-state index is 0.111. The average Bonchev–Trinajstić information content (AvgIpc) is 3.27. The van der Waals surface area contributed by atoms with Gasteiger partial charge in [-0.1, -0.05) is 77.9 Å². The average molecular weight is 545 g/mol. The Bertz CT molecular complexity index is 2010. The number of hydrogen-bond acceptors (Lipinski definition) is 2. The van der Waals surface area contributed by atoms with Crippen LogP contribution >= 0.6 is 11.3 Å². The first-order valence-electron chi connectivity index (χ1n) is 14.4. The van der Waals surface area contributed by atoms with Crippen molar-refractivity contribution in [1.82, 2.24) is 0 Å². The minimum Gasteiger partial charge on any atom is -0.455 e. The number of aromatic nitrogens is 1. The molecule has 0 unspecified atom stereocenters. The molecule has 4 aromatic carbocycles. The predicted molar refractivity (Wildman–Crippen MR) is 172 cm³/mol. The van der Waals surface area contributed by atoms with Gasteiger partial charge in [-0.2, -0.15) is 0 Å². The van der Waals surface area contributed by atoms with Crippen LogP contribution < -0.4 is 9.30 Å². The molecule has 0 saturated carbocycles. The van der Waals surface area contributed by atoms with Crippen LogP contribution in [0.4, 0.5) is 0 Å². The zero-order valence-corrected chi connectivity index (χ0v) is 25.8. The third kappa shape index (κ3) is 3.85. The van der Waals surface area contributed by atoms with E-state index >= 15 is 0 Å². The topological polar surface area (TPSA) is 13.1 Å². The Morgan fingerprint density at radius 1 is 0.775 bits per heavy atom. The smallest absolute Gasteiger partial charge is 0.228 e. The Morgan fingerprint density at radius 3 is 2.25 bits per heavy atom. The van der Waals surface area contributed by atoms with Crippen molar-refractivity contribution < 1.29 is 9.30 Å². The molecular weight excluding hydrogens is 506 g/mol. The summed E-state index contributed by atoms with van der Waals surface area (Å²) < 4.78 is 12.2. The van der Waals surface area contributed by atoms with E-state index in [9.17, 15) is 0 Å². The minimum absolute atomic E-state index is 0.111. The Hall–Kier alpha value is -3.43. The Balaban J connectivity index is 1.64. The highest BCUT2D eigenvalue weighted by atomic mass is 32.1. The first-order valence-corrected chi connectivity index (χ1v) is 15.2. The van der Waals surface area contributed by atoms with Crippen LogP contribution in [0.5, 0.6) is 11.5 Å². The van der Waals surface area contributed by atoms with Crippen molar-refractivity contribution in [2.24, 2.45) is 17.9 Å². The SMILES string of the molecule is Cc1c2c(c(CC(C)(C)C)c3c1sc1ccccc13)Oc1cc3c(CC(C)(C)C)cccc3c3cc[n+](C)c-2c13. The summed E-state index contributed by atoms with van der Waals surface area (Å²) in [4.78, 5) is 0. The molecule has 0 atom stereocenters. The lowest BCUT2D eigenvalue weighted by Crippen LogP contribution is -2.32. The largest absolute Gasteiger partial charge is 0.455 e. The number of fused-ring (bicyclic) bond motifs is 7. The van der Waals surface area contributed by atoms with Crippen molar-refractivity contribution in [3.05, 3.63) is 77.5 Å². The molecule has 0 saturated heterocycles. The van der Waals surface area contributed by atoms with E-state index in [1.54, 1.807) is 0 Å². The maximum Gasteiger partial charge on any atom is 0.228 e. The molecule has 0 radical (unpaired) electrons. The molecule has 0 spiro atoms. The van der Waals surface area contributed by atoms with Crippen LogP contribution in [0.1, 0.15) is 58.2 Å². The molecule has 1 aliphatic rings. The number of ether oxygens (including phenoxy) is 1. The summed E-state index contributed by atoms with van der Waals surface area (Å²) in [7, 11) is 2.19. The monoisotopic (exact) mass is 544 g/mol. The lowest BCUT2D eigenvalue weighted by Gasteiger charge is -2.28. The molecule has 0 fully saturated rings. The Labute approximate surface area is 241 Å². The molecule has 1 aliphatic heterocycles. The number of thiophene rings is 1. The molecule has 6 aromatic rings. The van der Waals surface area contributed by atoms with Gasteiger partial charge in [-0.05, 0) is 64.6 Å². The number of hydrogen-bond donors (Lipinski definition) is 0. The number of rotatable bonds is 2. The van der Waals surface area contributed by atoms with Gasteiger partial charge in [0.25, 0.3) is 0 Å². The zero-order valence-electron chi connectivity index (χ0n) is 25.0. The second kappa shape index (κ2) is 8.54. The molecule has 3 heterocycles. The van der Waals surface area contributed by atoms with Gasteiger partial charge in [0.2, 0.25) is 5.69 Å². The lowest BCUT2D eigenvalue weighted by molar-refractivity contribution is -0.659. The van der Waals surface area contributed by atoms with E-state index in [-0.39, 0.29) is 10.8 Å². The van der Waals surface area contributed by atoms with Crippen LogP contribution in [0.25, 0.3) is 53.0 Å². The second-order valence-electron chi connectivity index (χ2n) is 14.1. The van der Waals surface area contributed by atoms with Crippen LogP contribution in [0.15, 0.2) is 60.8 Å².